The van der Waals surface area contributed by atoms with Crippen LogP contribution in [0.25, 0.3) is 10.9 Å². The fraction of sp³-hybridized carbons (Fsp3) is 0.118. The van der Waals surface area contributed by atoms with Crippen LogP contribution in [-0.4, -0.2) is 21.7 Å². The van der Waals surface area contributed by atoms with Crippen molar-refractivity contribution in [2.45, 2.75) is 13.8 Å². The number of rotatable bonds is 3. The Balaban J connectivity index is 1.88. The first kappa shape index (κ1) is 15.5. The van der Waals surface area contributed by atoms with E-state index in [2.05, 4.69) is 15.5 Å². The number of aryl methyl sites for hydroxylation is 1. The molecule has 7 heteroatoms. The van der Waals surface area contributed by atoms with E-state index in [1.165, 1.54) is 13.0 Å². The van der Waals surface area contributed by atoms with Crippen molar-refractivity contribution in [3.05, 3.63) is 63.8 Å². The van der Waals surface area contributed by atoms with Gasteiger partial charge in [-0.05, 0) is 19.9 Å². The second-order valence-electron chi connectivity index (χ2n) is 5.29. The normalized spacial score (nSPS) is 11.7. The maximum absolute atomic E-state index is 12.3. The van der Waals surface area contributed by atoms with Crippen molar-refractivity contribution in [3.63, 3.8) is 0 Å². The number of hydrogen-bond acceptors (Lipinski definition) is 5. The molecule has 0 aliphatic heterocycles. The molecule has 0 aliphatic carbocycles. The number of hydrogen-bond donors (Lipinski definition) is 3. The molecular weight excluding hydrogens is 310 g/mol. The first-order valence-electron chi connectivity index (χ1n) is 7.22. The van der Waals surface area contributed by atoms with Crippen molar-refractivity contribution in [2.24, 2.45) is 5.10 Å². The van der Waals surface area contributed by atoms with Gasteiger partial charge < -0.3 is 14.5 Å². The predicted molar refractivity (Wildman–Crippen MR) is 89.4 cm³/mol. The van der Waals surface area contributed by atoms with Crippen LogP contribution in [0.3, 0.4) is 0 Å². The van der Waals surface area contributed by atoms with E-state index in [4.69, 9.17) is 4.42 Å². The summed E-state index contributed by atoms with van der Waals surface area (Å²) >= 11 is 0. The first-order valence-corrected chi connectivity index (χ1v) is 7.22. The van der Waals surface area contributed by atoms with Crippen LogP contribution in [0.5, 0.6) is 5.75 Å². The number of H-pyrrole nitrogens is 1. The number of nitrogens with zero attached hydrogens (tertiary/aromatic N) is 1. The molecule has 24 heavy (non-hydrogen) atoms. The Bertz CT molecular complexity index is 1010. The van der Waals surface area contributed by atoms with E-state index >= 15 is 0 Å². The van der Waals surface area contributed by atoms with Crippen LogP contribution in [0.2, 0.25) is 0 Å². The van der Waals surface area contributed by atoms with Gasteiger partial charge in [0.2, 0.25) is 0 Å². The summed E-state index contributed by atoms with van der Waals surface area (Å²) in [6.07, 6.45) is 1.59. The van der Waals surface area contributed by atoms with Crippen LogP contribution in [0.4, 0.5) is 0 Å². The SMILES string of the molecule is C/C(=N\NC(=O)c1c[nH]c2ccccc12)c1c(O)cc(C)oc1=O. The van der Waals surface area contributed by atoms with Crippen LogP contribution >= 0.6 is 0 Å². The van der Waals surface area contributed by atoms with Gasteiger partial charge in [-0.2, -0.15) is 5.10 Å². The molecule has 1 amide bonds. The van der Waals surface area contributed by atoms with Crippen LogP contribution in [0.15, 0.2) is 50.8 Å². The molecule has 0 saturated carbocycles. The molecule has 0 aliphatic rings. The highest BCUT2D eigenvalue weighted by molar-refractivity contribution is 6.07. The zero-order valence-electron chi connectivity index (χ0n) is 13.1. The molecule has 0 saturated heterocycles. The lowest BCUT2D eigenvalue weighted by Crippen LogP contribution is -2.21. The Kier molecular flexibility index (Phi) is 3.91. The number of carbonyl (C=O) groups excluding carboxylic acids is 1. The van der Waals surface area contributed by atoms with Crippen LogP contribution < -0.4 is 11.1 Å². The fourth-order valence-corrected chi connectivity index (χ4v) is 2.44. The standard InChI is InChI=1S/C17H15N3O4/c1-9-7-14(21)15(17(23)24-9)10(2)19-20-16(22)12-8-18-13-6-4-3-5-11(12)13/h3-8,18,21H,1-2H3,(H,20,22)/b19-10+. The summed E-state index contributed by atoms with van der Waals surface area (Å²) in [5, 5.41) is 14.5. The summed E-state index contributed by atoms with van der Waals surface area (Å²) in [7, 11) is 0. The van der Waals surface area contributed by atoms with Gasteiger partial charge in [0, 0.05) is 23.2 Å². The lowest BCUT2D eigenvalue weighted by Gasteiger charge is -2.04. The molecule has 0 atom stereocenters. The molecular formula is C17H15N3O4. The summed E-state index contributed by atoms with van der Waals surface area (Å²) in [6, 6.07) is 8.68. The van der Waals surface area contributed by atoms with Gasteiger partial charge >= 0.3 is 5.63 Å². The van der Waals surface area contributed by atoms with Crippen molar-refractivity contribution < 1.29 is 14.3 Å². The number of para-hydroxylation sites is 1. The molecule has 7 nitrogen and oxygen atoms in total. The summed E-state index contributed by atoms with van der Waals surface area (Å²) in [4.78, 5) is 27.1. The number of nitrogens with one attached hydrogen (secondary N) is 2. The molecule has 0 bridgehead atoms. The van der Waals surface area contributed by atoms with Gasteiger partial charge in [-0.3, -0.25) is 4.79 Å². The molecule has 122 valence electrons. The fourth-order valence-electron chi connectivity index (χ4n) is 2.44. The monoisotopic (exact) mass is 325 g/mol. The van der Waals surface area contributed by atoms with E-state index in [1.54, 1.807) is 13.1 Å². The summed E-state index contributed by atoms with van der Waals surface area (Å²) in [5.41, 5.74) is 3.00. The summed E-state index contributed by atoms with van der Waals surface area (Å²) in [5.74, 6) is -0.383. The number of amides is 1. The minimum absolute atomic E-state index is 0.0835. The third-order valence-corrected chi connectivity index (χ3v) is 3.57. The molecule has 3 aromatic rings. The van der Waals surface area contributed by atoms with Crippen molar-refractivity contribution in [3.8, 4) is 5.75 Å². The summed E-state index contributed by atoms with van der Waals surface area (Å²) < 4.78 is 4.93. The molecule has 0 spiro atoms. The van der Waals surface area contributed by atoms with Crippen LogP contribution in [0, 0.1) is 6.92 Å². The van der Waals surface area contributed by atoms with Gasteiger partial charge in [0.25, 0.3) is 5.91 Å². The lowest BCUT2D eigenvalue weighted by molar-refractivity contribution is 0.0956. The maximum Gasteiger partial charge on any atom is 0.348 e. The Labute approximate surface area is 136 Å². The molecule has 0 unspecified atom stereocenters. The quantitative estimate of drug-likeness (QED) is 0.507. The zero-order valence-corrected chi connectivity index (χ0v) is 13.1. The van der Waals surface area contributed by atoms with Gasteiger partial charge in [-0.25, -0.2) is 10.2 Å². The lowest BCUT2D eigenvalue weighted by atomic mass is 10.1. The van der Waals surface area contributed by atoms with E-state index in [9.17, 15) is 14.7 Å². The number of aromatic amines is 1. The van der Waals surface area contributed by atoms with E-state index < -0.39 is 11.5 Å². The Morgan fingerprint density at radius 3 is 2.83 bits per heavy atom. The van der Waals surface area contributed by atoms with Crippen LogP contribution in [-0.2, 0) is 0 Å². The summed E-state index contributed by atoms with van der Waals surface area (Å²) in [6.45, 7) is 3.05. The van der Waals surface area contributed by atoms with Crippen molar-refractivity contribution >= 4 is 22.5 Å². The molecule has 0 fully saturated rings. The van der Waals surface area contributed by atoms with Gasteiger partial charge in [-0.1, -0.05) is 18.2 Å². The zero-order chi connectivity index (χ0) is 17.3. The molecule has 2 aromatic heterocycles. The Morgan fingerprint density at radius 1 is 1.33 bits per heavy atom. The molecule has 3 rings (SSSR count). The maximum atomic E-state index is 12.3. The number of aromatic nitrogens is 1. The number of hydrazone groups is 1. The average molecular weight is 325 g/mol. The van der Waals surface area contributed by atoms with Gasteiger partial charge in [-0.15, -0.1) is 0 Å². The Hall–Kier alpha value is -3.35. The third-order valence-electron chi connectivity index (χ3n) is 3.57. The number of aromatic hydroxyl groups is 1. The average Bonchev–Trinajstić information content (AvgIpc) is 2.95. The largest absolute Gasteiger partial charge is 0.507 e. The van der Waals surface area contributed by atoms with E-state index in [0.29, 0.717) is 5.56 Å². The van der Waals surface area contributed by atoms with Gasteiger partial charge in [0.15, 0.2) is 0 Å². The third kappa shape index (κ3) is 2.79. The van der Waals surface area contributed by atoms with Crippen molar-refractivity contribution in [1.82, 2.24) is 10.4 Å². The smallest absolute Gasteiger partial charge is 0.348 e. The van der Waals surface area contributed by atoms with Gasteiger partial charge in [0.1, 0.15) is 17.1 Å². The minimum Gasteiger partial charge on any atom is -0.507 e. The van der Waals surface area contributed by atoms with E-state index in [0.717, 1.165) is 10.9 Å². The highest BCUT2D eigenvalue weighted by Gasteiger charge is 2.15. The van der Waals surface area contributed by atoms with E-state index in [-0.39, 0.29) is 22.8 Å². The number of carbonyl (C=O) groups is 1. The predicted octanol–water partition coefficient (Wildman–Crippen LogP) is 2.29. The molecule has 0 radical (unpaired) electrons. The second kappa shape index (κ2) is 6.04. The minimum atomic E-state index is -0.713. The molecule has 3 N–H and O–H groups in total. The van der Waals surface area contributed by atoms with Crippen molar-refractivity contribution in [1.29, 1.82) is 0 Å². The molecule has 2 heterocycles. The highest BCUT2D eigenvalue weighted by atomic mass is 16.4. The molecule has 1 aromatic carbocycles. The Morgan fingerprint density at radius 2 is 2.08 bits per heavy atom. The van der Waals surface area contributed by atoms with Crippen LogP contribution in [0.1, 0.15) is 28.6 Å². The number of fused-ring (bicyclic) bond motifs is 1. The topological polar surface area (TPSA) is 108 Å². The number of benzene rings is 1. The first-order chi connectivity index (χ1) is 11.5. The highest BCUT2D eigenvalue weighted by Crippen LogP contribution is 2.18. The van der Waals surface area contributed by atoms with Crippen molar-refractivity contribution in [2.75, 3.05) is 0 Å². The van der Waals surface area contributed by atoms with Gasteiger partial charge in [0.05, 0.1) is 11.3 Å². The van der Waals surface area contributed by atoms with E-state index in [1.807, 2.05) is 24.3 Å². The second-order valence-corrected chi connectivity index (χ2v) is 5.29.